The molecule has 1 N–H and O–H groups in total. The number of carbonyl (C=O) groups is 1. The molecule has 0 radical (unpaired) electrons. The van der Waals surface area contributed by atoms with E-state index in [1.807, 2.05) is 37.3 Å². The van der Waals surface area contributed by atoms with E-state index < -0.39 is 17.5 Å². The smallest absolute Gasteiger partial charge is 0.444 e. The fourth-order valence-corrected chi connectivity index (χ4v) is 2.70. The number of nitrogens with one attached hydrogen (secondary N) is 1. The van der Waals surface area contributed by atoms with E-state index in [1.54, 1.807) is 39.0 Å². The molecule has 0 aliphatic carbocycles. The molecule has 0 aliphatic heterocycles. The van der Waals surface area contributed by atoms with Gasteiger partial charge in [-0.1, -0.05) is 41.6 Å². The van der Waals surface area contributed by atoms with Gasteiger partial charge in [-0.3, -0.25) is 5.32 Å². The van der Waals surface area contributed by atoms with Gasteiger partial charge in [0.25, 0.3) is 0 Å². The minimum atomic E-state index is -0.715. The molecule has 1 aromatic carbocycles. The number of pyridine rings is 1. The fraction of sp³-hybridized carbons (Fsp3) is 0.318. The Labute approximate surface area is 184 Å². The van der Waals surface area contributed by atoms with Gasteiger partial charge in [-0.25, -0.2) is 14.6 Å². The third-order valence-electron chi connectivity index (χ3n) is 3.97. The first-order chi connectivity index (χ1) is 15.2. The van der Waals surface area contributed by atoms with E-state index in [0.29, 0.717) is 29.3 Å². The van der Waals surface area contributed by atoms with Crippen molar-refractivity contribution >= 4 is 17.6 Å². The van der Waals surface area contributed by atoms with Gasteiger partial charge in [0.1, 0.15) is 11.4 Å². The van der Waals surface area contributed by atoms with Gasteiger partial charge in [-0.15, -0.1) is 0 Å². The van der Waals surface area contributed by atoms with Crippen LogP contribution in [0.3, 0.4) is 0 Å². The second kappa shape index (κ2) is 9.90. The van der Waals surface area contributed by atoms with Crippen molar-refractivity contribution in [3.05, 3.63) is 76.2 Å². The van der Waals surface area contributed by atoms with Crippen molar-refractivity contribution in [1.82, 2.24) is 14.7 Å². The summed E-state index contributed by atoms with van der Waals surface area (Å²) in [5.41, 5.74) is 0.966. The third kappa shape index (κ3) is 6.27. The normalized spacial score (nSPS) is 11.8. The molecule has 0 spiro atoms. The van der Waals surface area contributed by atoms with Crippen LogP contribution in [-0.4, -0.2) is 32.1 Å². The molecule has 0 aliphatic rings. The average Bonchev–Trinajstić information content (AvgIpc) is 3.11. The Hall–Kier alpha value is -3.95. The number of aryl methyl sites for hydroxylation is 1. The van der Waals surface area contributed by atoms with E-state index in [0.717, 1.165) is 0 Å². The molecule has 2 heterocycles. The number of aromatic nitrogens is 3. The molecule has 10 heteroatoms. The largest absolute Gasteiger partial charge is 0.460 e. The van der Waals surface area contributed by atoms with Gasteiger partial charge in [0.15, 0.2) is 12.3 Å². The van der Waals surface area contributed by atoms with Crippen molar-refractivity contribution in [2.75, 3.05) is 5.32 Å². The summed E-state index contributed by atoms with van der Waals surface area (Å²) in [7, 11) is 0. The van der Waals surface area contributed by atoms with Crippen molar-refractivity contribution in [2.24, 2.45) is 5.16 Å². The number of anilines is 1. The maximum atomic E-state index is 11.9. The molecule has 0 atom stereocenters. The van der Waals surface area contributed by atoms with Gasteiger partial charge in [0.05, 0.1) is 12.2 Å². The Kier molecular flexibility index (Phi) is 7.04. The Bertz CT molecular complexity index is 1150. The lowest BCUT2D eigenvalue weighted by molar-refractivity contribution is 0.0635. The lowest BCUT2D eigenvalue weighted by Gasteiger charge is -2.19. The first-order valence-corrected chi connectivity index (χ1v) is 10.0. The number of nitrogens with zero attached hydrogens (tertiary/aromatic N) is 4. The van der Waals surface area contributed by atoms with Crippen molar-refractivity contribution < 1.29 is 18.9 Å². The highest BCUT2D eigenvalue weighted by atomic mass is 16.6. The minimum Gasteiger partial charge on any atom is -0.444 e. The Balaban J connectivity index is 1.77. The molecule has 2 aromatic heterocycles. The van der Waals surface area contributed by atoms with Crippen molar-refractivity contribution in [2.45, 2.75) is 46.4 Å². The molecule has 32 heavy (non-hydrogen) atoms. The van der Waals surface area contributed by atoms with Crippen LogP contribution in [-0.2, 0) is 22.7 Å². The highest BCUT2D eigenvalue weighted by molar-refractivity contribution is 6.10. The zero-order chi connectivity index (χ0) is 23.1. The molecule has 10 nitrogen and oxygen atoms in total. The van der Waals surface area contributed by atoms with Crippen LogP contribution in [0.25, 0.3) is 0 Å². The zero-order valence-corrected chi connectivity index (χ0v) is 18.4. The van der Waals surface area contributed by atoms with Crippen LogP contribution in [0.5, 0.6) is 0 Å². The van der Waals surface area contributed by atoms with E-state index in [-0.39, 0.29) is 12.4 Å². The monoisotopic (exact) mass is 439 g/mol. The average molecular weight is 439 g/mol. The lowest BCUT2D eigenvalue weighted by atomic mass is 10.1. The van der Waals surface area contributed by atoms with E-state index in [4.69, 9.17) is 14.1 Å². The highest BCUT2D eigenvalue weighted by Gasteiger charge is 2.18. The van der Waals surface area contributed by atoms with Crippen LogP contribution in [0, 0.1) is 0 Å². The van der Waals surface area contributed by atoms with E-state index in [1.165, 1.54) is 4.74 Å². The summed E-state index contributed by atoms with van der Waals surface area (Å²) >= 11 is 0. The molecule has 168 valence electrons. The number of carbonyl (C=O) groups excluding carboxylic acids is 1. The quantitative estimate of drug-likeness (QED) is 0.441. The van der Waals surface area contributed by atoms with E-state index >= 15 is 0 Å². The van der Waals surface area contributed by atoms with Crippen molar-refractivity contribution in [1.29, 1.82) is 0 Å². The number of rotatable bonds is 7. The maximum Gasteiger partial charge on any atom is 0.460 e. The summed E-state index contributed by atoms with van der Waals surface area (Å²) in [4.78, 5) is 37.4. The topological polar surface area (TPSA) is 121 Å². The molecular formula is C22H25N5O5. The molecule has 0 saturated heterocycles. The predicted molar refractivity (Wildman–Crippen MR) is 117 cm³/mol. The zero-order valence-electron chi connectivity index (χ0n) is 18.4. The van der Waals surface area contributed by atoms with Gasteiger partial charge < -0.3 is 14.1 Å². The first kappa shape index (κ1) is 22.7. The van der Waals surface area contributed by atoms with Crippen LogP contribution in [0.15, 0.2) is 63.0 Å². The van der Waals surface area contributed by atoms with Gasteiger partial charge >= 0.3 is 11.8 Å². The molecule has 3 rings (SSSR count). The summed E-state index contributed by atoms with van der Waals surface area (Å²) in [6.07, 6.45) is -0.601. The highest BCUT2D eigenvalue weighted by Crippen LogP contribution is 2.13. The Morgan fingerprint density at radius 1 is 1.12 bits per heavy atom. The first-order valence-electron chi connectivity index (χ1n) is 10.0. The molecule has 0 unspecified atom stereocenters. The second-order valence-electron chi connectivity index (χ2n) is 7.71. The molecular weight excluding hydrogens is 414 g/mol. The number of hydrogen-bond acceptors (Lipinski definition) is 8. The van der Waals surface area contributed by atoms with Crippen LogP contribution < -0.4 is 11.1 Å². The van der Waals surface area contributed by atoms with Gasteiger partial charge in [-0.05, 0) is 39.8 Å². The fourth-order valence-electron chi connectivity index (χ4n) is 2.70. The van der Waals surface area contributed by atoms with E-state index in [9.17, 15) is 9.59 Å². The summed E-state index contributed by atoms with van der Waals surface area (Å²) in [6.45, 7) is 7.58. The van der Waals surface area contributed by atoms with Crippen LogP contribution in [0.1, 0.15) is 44.8 Å². The SMILES string of the molecule is CCn1oc(=O)nc1/C(=N/OCc1cccc(NC(=O)OC(C)(C)C)n1)c1ccccc1. The van der Waals surface area contributed by atoms with Crippen LogP contribution >= 0.6 is 0 Å². The number of hydrogen-bond donors (Lipinski definition) is 1. The number of amides is 1. The molecule has 3 aromatic rings. The second-order valence-corrected chi connectivity index (χ2v) is 7.71. The van der Waals surface area contributed by atoms with Gasteiger partial charge in [-0.2, -0.15) is 9.72 Å². The number of oxime groups is 1. The summed E-state index contributed by atoms with van der Waals surface area (Å²) < 4.78 is 11.6. The predicted octanol–water partition coefficient (Wildman–Crippen LogP) is 3.57. The summed E-state index contributed by atoms with van der Waals surface area (Å²) in [5.74, 6) is -0.131. The van der Waals surface area contributed by atoms with Crippen molar-refractivity contribution in [3.8, 4) is 0 Å². The Morgan fingerprint density at radius 3 is 2.56 bits per heavy atom. The number of ether oxygens (including phenoxy) is 1. The summed E-state index contributed by atoms with van der Waals surface area (Å²) in [6, 6.07) is 14.3. The van der Waals surface area contributed by atoms with Gasteiger partial charge in [0, 0.05) is 5.56 Å². The molecule has 1 amide bonds. The summed E-state index contributed by atoms with van der Waals surface area (Å²) in [5, 5.41) is 6.79. The maximum absolute atomic E-state index is 11.9. The Morgan fingerprint density at radius 2 is 1.88 bits per heavy atom. The van der Waals surface area contributed by atoms with E-state index in [2.05, 4.69) is 20.4 Å². The minimum absolute atomic E-state index is 0.0222. The molecule has 0 bridgehead atoms. The lowest BCUT2D eigenvalue weighted by Crippen LogP contribution is -2.27. The number of benzene rings is 1. The van der Waals surface area contributed by atoms with Crippen LogP contribution in [0.4, 0.5) is 10.6 Å². The third-order valence-corrected chi connectivity index (χ3v) is 3.97. The molecule has 0 fully saturated rings. The standard InChI is InChI=1S/C22H25N5O5/c1-5-27-19(25-21(29)32-27)18(15-10-7-6-8-11-15)26-30-14-16-12-9-13-17(23-16)24-20(28)31-22(2,3)4/h6-13H,5,14H2,1-4H3,(H,23,24,28)/b26-18+. The van der Waals surface area contributed by atoms with Crippen molar-refractivity contribution in [3.63, 3.8) is 0 Å². The molecule has 0 saturated carbocycles. The van der Waals surface area contributed by atoms with Crippen LogP contribution in [0.2, 0.25) is 0 Å². The van der Waals surface area contributed by atoms with Gasteiger partial charge in [0.2, 0.25) is 5.82 Å².